The molecule has 0 bridgehead atoms. The molecule has 17 heavy (non-hydrogen) atoms. The standard InChI is InChI=1S/C11H15BrFNO2S/c1-3-9(4-2)14-17(15,16)11-6-5-8(12)7-10(11)13/h5-7,9,14H,3-4H2,1-2H3. The highest BCUT2D eigenvalue weighted by Gasteiger charge is 2.21. The van der Waals surface area contributed by atoms with Gasteiger partial charge in [-0.25, -0.2) is 17.5 Å². The number of benzene rings is 1. The van der Waals surface area contributed by atoms with E-state index in [0.717, 1.165) is 6.07 Å². The highest BCUT2D eigenvalue weighted by molar-refractivity contribution is 9.10. The summed E-state index contributed by atoms with van der Waals surface area (Å²) in [6, 6.07) is 3.74. The molecule has 0 radical (unpaired) electrons. The Hall–Kier alpha value is -0.460. The average Bonchev–Trinajstić information content (AvgIpc) is 2.25. The topological polar surface area (TPSA) is 46.2 Å². The Balaban J connectivity index is 3.05. The van der Waals surface area contributed by atoms with Gasteiger partial charge in [0.2, 0.25) is 10.0 Å². The minimum Gasteiger partial charge on any atom is -0.208 e. The Bertz CT molecular complexity index is 486. The number of hydrogen-bond acceptors (Lipinski definition) is 2. The fourth-order valence-corrected chi connectivity index (χ4v) is 3.23. The predicted octanol–water partition coefficient (Wildman–Crippen LogP) is 3.06. The number of rotatable bonds is 5. The molecule has 0 saturated carbocycles. The second kappa shape index (κ2) is 5.93. The summed E-state index contributed by atoms with van der Waals surface area (Å²) in [5.74, 6) is -0.752. The van der Waals surface area contributed by atoms with Crippen LogP contribution in [0.1, 0.15) is 26.7 Å². The summed E-state index contributed by atoms with van der Waals surface area (Å²) in [6.07, 6.45) is 1.35. The molecule has 0 spiro atoms. The zero-order chi connectivity index (χ0) is 13.1. The van der Waals surface area contributed by atoms with Gasteiger partial charge in [-0.3, -0.25) is 0 Å². The van der Waals surface area contributed by atoms with Gasteiger partial charge in [0.25, 0.3) is 0 Å². The van der Waals surface area contributed by atoms with E-state index in [-0.39, 0.29) is 10.9 Å². The molecule has 3 nitrogen and oxygen atoms in total. The van der Waals surface area contributed by atoms with Crippen LogP contribution in [-0.2, 0) is 10.0 Å². The van der Waals surface area contributed by atoms with E-state index in [1.54, 1.807) is 0 Å². The normalized spacial score (nSPS) is 12.1. The minimum absolute atomic E-state index is 0.164. The van der Waals surface area contributed by atoms with Crippen molar-refractivity contribution in [3.8, 4) is 0 Å². The van der Waals surface area contributed by atoms with Crippen molar-refractivity contribution >= 4 is 26.0 Å². The SMILES string of the molecule is CCC(CC)NS(=O)(=O)c1ccc(Br)cc1F. The smallest absolute Gasteiger partial charge is 0.208 e. The molecule has 0 unspecified atom stereocenters. The fourth-order valence-electron chi connectivity index (χ4n) is 1.43. The molecule has 0 aliphatic heterocycles. The van der Waals surface area contributed by atoms with Gasteiger partial charge < -0.3 is 0 Å². The van der Waals surface area contributed by atoms with E-state index in [9.17, 15) is 12.8 Å². The lowest BCUT2D eigenvalue weighted by Gasteiger charge is -2.15. The van der Waals surface area contributed by atoms with E-state index >= 15 is 0 Å². The van der Waals surface area contributed by atoms with Gasteiger partial charge in [0.1, 0.15) is 10.7 Å². The van der Waals surface area contributed by atoms with Crippen molar-refractivity contribution in [1.29, 1.82) is 0 Å². The average molecular weight is 324 g/mol. The molecule has 96 valence electrons. The molecule has 1 aromatic carbocycles. The second-order valence-electron chi connectivity index (χ2n) is 3.71. The van der Waals surface area contributed by atoms with Gasteiger partial charge in [-0.2, -0.15) is 0 Å². The van der Waals surface area contributed by atoms with Gasteiger partial charge in [-0.1, -0.05) is 29.8 Å². The molecule has 1 N–H and O–H groups in total. The van der Waals surface area contributed by atoms with Crippen LogP contribution in [0.15, 0.2) is 27.6 Å². The largest absolute Gasteiger partial charge is 0.243 e. The molecular formula is C11H15BrFNO2S. The van der Waals surface area contributed by atoms with E-state index in [0.29, 0.717) is 17.3 Å². The van der Waals surface area contributed by atoms with Crippen LogP contribution < -0.4 is 4.72 Å². The lowest BCUT2D eigenvalue weighted by atomic mass is 10.2. The third kappa shape index (κ3) is 3.76. The first-order chi connectivity index (χ1) is 7.90. The maximum atomic E-state index is 13.6. The molecule has 0 fully saturated rings. The van der Waals surface area contributed by atoms with Crippen molar-refractivity contribution in [2.75, 3.05) is 0 Å². The molecule has 6 heteroatoms. The molecule has 1 aromatic rings. The predicted molar refractivity (Wildman–Crippen MR) is 68.8 cm³/mol. The van der Waals surface area contributed by atoms with Gasteiger partial charge in [0.15, 0.2) is 0 Å². The highest BCUT2D eigenvalue weighted by atomic mass is 79.9. The van der Waals surface area contributed by atoms with Crippen LogP contribution in [0.2, 0.25) is 0 Å². The zero-order valence-corrected chi connectivity index (χ0v) is 12.1. The molecule has 0 atom stereocenters. The zero-order valence-electron chi connectivity index (χ0n) is 9.70. The summed E-state index contributed by atoms with van der Waals surface area (Å²) in [7, 11) is -3.78. The number of halogens is 2. The maximum Gasteiger partial charge on any atom is 0.243 e. The Morgan fingerprint density at radius 2 is 1.94 bits per heavy atom. The lowest BCUT2D eigenvalue weighted by Crippen LogP contribution is -2.34. The molecule has 0 amide bonds. The fraction of sp³-hybridized carbons (Fsp3) is 0.455. The van der Waals surface area contributed by atoms with E-state index in [1.165, 1.54) is 12.1 Å². The van der Waals surface area contributed by atoms with Crippen LogP contribution in [0.5, 0.6) is 0 Å². The van der Waals surface area contributed by atoms with Crippen molar-refractivity contribution in [2.24, 2.45) is 0 Å². The Morgan fingerprint density at radius 1 is 1.35 bits per heavy atom. The molecule has 0 saturated heterocycles. The molecular weight excluding hydrogens is 309 g/mol. The quantitative estimate of drug-likeness (QED) is 0.905. The van der Waals surface area contributed by atoms with Gasteiger partial charge in [0.05, 0.1) is 0 Å². The number of nitrogens with one attached hydrogen (secondary N) is 1. The van der Waals surface area contributed by atoms with Gasteiger partial charge in [0, 0.05) is 10.5 Å². The summed E-state index contributed by atoms with van der Waals surface area (Å²) in [5.41, 5.74) is 0. The number of sulfonamides is 1. The van der Waals surface area contributed by atoms with E-state index in [1.807, 2.05) is 13.8 Å². The maximum absolute atomic E-state index is 13.6. The lowest BCUT2D eigenvalue weighted by molar-refractivity contribution is 0.520. The molecule has 1 rings (SSSR count). The van der Waals surface area contributed by atoms with E-state index in [2.05, 4.69) is 20.7 Å². The number of hydrogen-bond donors (Lipinski definition) is 1. The Morgan fingerprint density at radius 3 is 2.41 bits per heavy atom. The van der Waals surface area contributed by atoms with Crippen molar-refractivity contribution in [3.05, 3.63) is 28.5 Å². The third-order valence-corrected chi connectivity index (χ3v) is 4.54. The van der Waals surface area contributed by atoms with E-state index in [4.69, 9.17) is 0 Å². The van der Waals surface area contributed by atoms with Gasteiger partial charge in [-0.15, -0.1) is 0 Å². The molecule has 0 aliphatic carbocycles. The third-order valence-electron chi connectivity index (χ3n) is 2.49. The van der Waals surface area contributed by atoms with Crippen molar-refractivity contribution in [2.45, 2.75) is 37.6 Å². The van der Waals surface area contributed by atoms with Crippen molar-refractivity contribution in [1.82, 2.24) is 4.72 Å². The molecule has 0 aromatic heterocycles. The van der Waals surface area contributed by atoms with Crippen LogP contribution in [-0.4, -0.2) is 14.5 Å². The minimum atomic E-state index is -3.78. The first-order valence-electron chi connectivity index (χ1n) is 5.38. The Kier molecular flexibility index (Phi) is 5.09. The van der Waals surface area contributed by atoms with Crippen LogP contribution in [0, 0.1) is 5.82 Å². The van der Waals surface area contributed by atoms with E-state index < -0.39 is 15.8 Å². The first kappa shape index (κ1) is 14.6. The van der Waals surface area contributed by atoms with Crippen LogP contribution in [0.25, 0.3) is 0 Å². The molecule has 0 heterocycles. The molecule has 0 aliphatic rings. The summed E-state index contributed by atoms with van der Waals surface area (Å²) >= 11 is 3.09. The first-order valence-corrected chi connectivity index (χ1v) is 7.65. The van der Waals surface area contributed by atoms with Crippen molar-refractivity contribution in [3.63, 3.8) is 0 Å². The van der Waals surface area contributed by atoms with Crippen molar-refractivity contribution < 1.29 is 12.8 Å². The second-order valence-corrected chi connectivity index (χ2v) is 6.31. The Labute approximate surface area is 110 Å². The monoisotopic (exact) mass is 323 g/mol. The summed E-state index contributed by atoms with van der Waals surface area (Å²) in [5, 5.41) is 0. The van der Waals surface area contributed by atoms with Crippen LogP contribution >= 0.6 is 15.9 Å². The van der Waals surface area contributed by atoms with Crippen LogP contribution in [0.4, 0.5) is 4.39 Å². The highest BCUT2D eigenvalue weighted by Crippen LogP contribution is 2.19. The summed E-state index contributed by atoms with van der Waals surface area (Å²) in [4.78, 5) is -0.312. The van der Waals surface area contributed by atoms with Gasteiger partial charge >= 0.3 is 0 Å². The summed E-state index contributed by atoms with van der Waals surface area (Å²) < 4.78 is 40.4. The summed E-state index contributed by atoms with van der Waals surface area (Å²) in [6.45, 7) is 3.77. The van der Waals surface area contributed by atoms with Crippen LogP contribution in [0.3, 0.4) is 0 Å². The van der Waals surface area contributed by atoms with Gasteiger partial charge in [-0.05, 0) is 31.0 Å².